The molecule has 2 atom stereocenters. The topological polar surface area (TPSA) is 40.0 Å². The fourth-order valence-electron chi connectivity index (χ4n) is 3.37. The fraction of sp³-hybridized carbons (Fsp3) is 0.350. The number of hydrogen-bond donors (Lipinski definition) is 0. The van der Waals surface area contributed by atoms with Crippen LogP contribution in [0, 0.1) is 0 Å². The third kappa shape index (κ3) is 2.37. The lowest BCUT2D eigenvalue weighted by atomic mass is 9.76. The van der Waals surface area contributed by atoms with Crippen molar-refractivity contribution in [2.24, 2.45) is 4.99 Å². The van der Waals surface area contributed by atoms with Crippen molar-refractivity contribution in [1.82, 2.24) is 0 Å². The third-order valence-corrected chi connectivity index (χ3v) is 5.00. The first-order valence-electron chi connectivity index (χ1n) is 8.27. The van der Waals surface area contributed by atoms with Crippen molar-refractivity contribution in [3.8, 4) is 11.5 Å². The Morgan fingerprint density at radius 3 is 2.56 bits per heavy atom. The molecule has 0 saturated heterocycles. The largest absolute Gasteiger partial charge is 0.497 e. The lowest BCUT2D eigenvalue weighted by Gasteiger charge is -2.49. The van der Waals surface area contributed by atoms with Crippen LogP contribution in [0.2, 0.25) is 0 Å². The van der Waals surface area contributed by atoms with E-state index in [0.29, 0.717) is 17.2 Å². The van der Waals surface area contributed by atoms with E-state index in [1.54, 1.807) is 21.0 Å². The van der Waals surface area contributed by atoms with Gasteiger partial charge in [0.05, 0.1) is 13.7 Å². The van der Waals surface area contributed by atoms with E-state index in [2.05, 4.69) is 4.99 Å². The number of benzene rings is 2. The van der Waals surface area contributed by atoms with E-state index in [0.717, 1.165) is 11.3 Å². The second-order valence-electron chi connectivity index (χ2n) is 6.86. The zero-order valence-corrected chi connectivity index (χ0v) is 14.5. The summed E-state index contributed by atoms with van der Waals surface area (Å²) < 4.78 is 33.1. The molecule has 25 heavy (non-hydrogen) atoms. The Kier molecular flexibility index (Phi) is 3.49. The molecular weight excluding hydrogens is 321 g/mol. The maximum absolute atomic E-state index is 15.9. The molecule has 5 heteroatoms. The first-order chi connectivity index (χ1) is 11.9. The Hall–Kier alpha value is -2.56. The highest BCUT2D eigenvalue weighted by Gasteiger charge is 2.61. The Balaban J connectivity index is 1.76. The summed E-state index contributed by atoms with van der Waals surface area (Å²) in [4.78, 5) is 4.38. The summed E-state index contributed by atoms with van der Waals surface area (Å²) in [5.74, 6) is 1.84. The van der Waals surface area contributed by atoms with Crippen LogP contribution in [-0.2, 0) is 4.74 Å². The molecule has 0 amide bonds. The van der Waals surface area contributed by atoms with Crippen LogP contribution < -0.4 is 9.47 Å². The molecule has 4 nitrogen and oxygen atoms in total. The zero-order chi connectivity index (χ0) is 17.7. The smallest absolute Gasteiger partial charge is 0.216 e. The predicted molar refractivity (Wildman–Crippen MR) is 93.2 cm³/mol. The Bertz CT molecular complexity index is 831. The average molecular weight is 341 g/mol. The van der Waals surface area contributed by atoms with Gasteiger partial charge in [-0.25, -0.2) is 9.38 Å². The molecule has 0 spiro atoms. The van der Waals surface area contributed by atoms with Gasteiger partial charge < -0.3 is 14.2 Å². The number of alkyl halides is 1. The Labute approximate surface area is 146 Å². The van der Waals surface area contributed by atoms with E-state index in [4.69, 9.17) is 14.2 Å². The van der Waals surface area contributed by atoms with Gasteiger partial charge >= 0.3 is 0 Å². The number of aliphatic imine (C=N–C) groups is 1. The number of ether oxygens (including phenoxy) is 3. The molecule has 0 bridgehead atoms. The molecule has 0 saturated carbocycles. The summed E-state index contributed by atoms with van der Waals surface area (Å²) in [6.45, 7) is 3.47. The third-order valence-electron chi connectivity index (χ3n) is 5.00. The number of nitrogens with zero attached hydrogens (tertiary/aromatic N) is 1. The maximum Gasteiger partial charge on any atom is 0.216 e. The highest BCUT2D eigenvalue weighted by Crippen LogP contribution is 2.52. The molecule has 2 aromatic rings. The molecule has 0 fully saturated rings. The summed E-state index contributed by atoms with van der Waals surface area (Å²) in [5.41, 5.74) is -1.27. The molecule has 2 heterocycles. The van der Waals surface area contributed by atoms with Crippen molar-refractivity contribution in [3.63, 3.8) is 0 Å². The van der Waals surface area contributed by atoms with Crippen molar-refractivity contribution in [2.45, 2.75) is 31.2 Å². The molecule has 0 aromatic heterocycles. The second kappa shape index (κ2) is 5.48. The van der Waals surface area contributed by atoms with Crippen LogP contribution in [0.4, 0.5) is 4.39 Å². The summed E-state index contributed by atoms with van der Waals surface area (Å²) >= 11 is 0. The number of rotatable bonds is 2. The lowest BCUT2D eigenvalue weighted by molar-refractivity contribution is -0.142. The number of para-hydroxylation sites is 1. The van der Waals surface area contributed by atoms with Gasteiger partial charge in [0.2, 0.25) is 11.6 Å². The summed E-state index contributed by atoms with van der Waals surface area (Å²) in [6.07, 6.45) is -0.762. The minimum atomic E-state index is -1.74. The van der Waals surface area contributed by atoms with Gasteiger partial charge in [0.1, 0.15) is 17.1 Å². The van der Waals surface area contributed by atoms with Crippen molar-refractivity contribution in [1.29, 1.82) is 0 Å². The lowest BCUT2D eigenvalue weighted by Crippen LogP contribution is -2.61. The van der Waals surface area contributed by atoms with Crippen LogP contribution in [-0.4, -0.2) is 30.8 Å². The standard InChI is InChI=1S/C20H20FNO3/c1-19(2)20(21)12-22-18(13-8-10-14(23-3)11-9-13)24-17(20)15-6-4-5-7-16(15)25-19/h4-11,17H,12H2,1-3H3/t17-,20+/m1/s1. The van der Waals surface area contributed by atoms with Gasteiger partial charge in [0.15, 0.2) is 6.10 Å². The van der Waals surface area contributed by atoms with Crippen LogP contribution in [0.5, 0.6) is 11.5 Å². The summed E-state index contributed by atoms with van der Waals surface area (Å²) in [6, 6.07) is 14.8. The quantitative estimate of drug-likeness (QED) is 0.826. The van der Waals surface area contributed by atoms with Gasteiger partial charge in [-0.15, -0.1) is 0 Å². The van der Waals surface area contributed by atoms with Gasteiger partial charge in [-0.05, 0) is 44.2 Å². The van der Waals surface area contributed by atoms with E-state index >= 15 is 4.39 Å². The highest BCUT2D eigenvalue weighted by molar-refractivity contribution is 5.95. The van der Waals surface area contributed by atoms with E-state index < -0.39 is 17.4 Å². The van der Waals surface area contributed by atoms with E-state index in [1.807, 2.05) is 48.5 Å². The molecule has 0 aliphatic carbocycles. The van der Waals surface area contributed by atoms with Gasteiger partial charge in [-0.1, -0.05) is 18.2 Å². The SMILES string of the molecule is COc1ccc(C2=NC[C@]3(F)[C@H](O2)c2ccccc2OC3(C)C)cc1. The molecule has 0 radical (unpaired) electrons. The zero-order valence-electron chi connectivity index (χ0n) is 14.5. The van der Waals surface area contributed by atoms with Crippen LogP contribution in [0.1, 0.15) is 31.1 Å². The number of methoxy groups -OCH3 is 1. The van der Waals surface area contributed by atoms with Crippen LogP contribution >= 0.6 is 0 Å². The van der Waals surface area contributed by atoms with Gasteiger partial charge in [-0.2, -0.15) is 0 Å². The summed E-state index contributed by atoms with van der Waals surface area (Å²) in [5, 5.41) is 0. The number of hydrogen-bond acceptors (Lipinski definition) is 4. The molecule has 2 aliphatic rings. The first kappa shape index (κ1) is 15.9. The maximum atomic E-state index is 15.9. The van der Waals surface area contributed by atoms with E-state index in [9.17, 15) is 0 Å². The molecule has 2 aliphatic heterocycles. The monoisotopic (exact) mass is 341 g/mol. The minimum absolute atomic E-state index is 0.0135. The van der Waals surface area contributed by atoms with Crippen molar-refractivity contribution < 1.29 is 18.6 Å². The molecular formula is C20H20FNO3. The van der Waals surface area contributed by atoms with Crippen molar-refractivity contribution in [2.75, 3.05) is 13.7 Å². The highest BCUT2D eigenvalue weighted by atomic mass is 19.1. The molecule has 0 unspecified atom stereocenters. The minimum Gasteiger partial charge on any atom is -0.497 e. The van der Waals surface area contributed by atoms with Gasteiger partial charge in [0.25, 0.3) is 0 Å². The molecule has 0 N–H and O–H groups in total. The normalized spacial score (nSPS) is 26.4. The molecule has 4 rings (SSSR count). The number of fused-ring (bicyclic) bond motifs is 3. The average Bonchev–Trinajstić information content (AvgIpc) is 2.62. The van der Waals surface area contributed by atoms with Crippen LogP contribution in [0.3, 0.4) is 0 Å². The Morgan fingerprint density at radius 2 is 1.84 bits per heavy atom. The molecule has 130 valence electrons. The Morgan fingerprint density at radius 1 is 1.12 bits per heavy atom. The fourth-order valence-corrected chi connectivity index (χ4v) is 3.37. The summed E-state index contributed by atoms with van der Waals surface area (Å²) in [7, 11) is 1.61. The molecule has 2 aromatic carbocycles. The van der Waals surface area contributed by atoms with Crippen molar-refractivity contribution in [3.05, 3.63) is 59.7 Å². The van der Waals surface area contributed by atoms with E-state index in [1.165, 1.54) is 0 Å². The van der Waals surface area contributed by atoms with E-state index in [-0.39, 0.29) is 6.54 Å². The van der Waals surface area contributed by atoms with Crippen LogP contribution in [0.25, 0.3) is 0 Å². The van der Waals surface area contributed by atoms with Gasteiger partial charge in [0, 0.05) is 11.1 Å². The predicted octanol–water partition coefficient (Wildman–Crippen LogP) is 4.09. The first-order valence-corrected chi connectivity index (χ1v) is 8.27. The van der Waals surface area contributed by atoms with Crippen LogP contribution in [0.15, 0.2) is 53.5 Å². The second-order valence-corrected chi connectivity index (χ2v) is 6.86. The van der Waals surface area contributed by atoms with Gasteiger partial charge in [-0.3, -0.25) is 0 Å². The number of halogens is 1. The van der Waals surface area contributed by atoms with Crippen molar-refractivity contribution >= 4 is 5.90 Å².